The highest BCUT2D eigenvalue weighted by Gasteiger charge is 2.52. The van der Waals surface area contributed by atoms with Gasteiger partial charge in [-0.1, -0.05) is 50.1 Å². The second kappa shape index (κ2) is 4.93. The molecule has 1 saturated heterocycles. The minimum absolute atomic E-state index is 0.0436. The number of amides is 3. The van der Waals surface area contributed by atoms with Gasteiger partial charge in [0, 0.05) is 0 Å². The van der Waals surface area contributed by atoms with Crippen molar-refractivity contribution in [2.24, 2.45) is 5.92 Å². The summed E-state index contributed by atoms with van der Waals surface area (Å²) in [6.45, 7) is 2.52. The van der Waals surface area contributed by atoms with Gasteiger partial charge in [-0.15, -0.1) is 0 Å². The SMILES string of the molecule is CC1CCCC2(C1)NC(=O)N(Cc1ccccc1)C2=O. The first-order valence-corrected chi connectivity index (χ1v) is 7.29. The molecule has 2 atom stereocenters. The van der Waals surface area contributed by atoms with Gasteiger partial charge >= 0.3 is 6.03 Å². The van der Waals surface area contributed by atoms with Crippen LogP contribution in [0.4, 0.5) is 4.79 Å². The Kier molecular flexibility index (Phi) is 3.24. The Morgan fingerprint density at radius 3 is 2.75 bits per heavy atom. The molecule has 1 saturated carbocycles. The fraction of sp³-hybridized carbons (Fsp3) is 0.500. The predicted octanol–water partition coefficient (Wildman–Crippen LogP) is 2.69. The van der Waals surface area contributed by atoms with E-state index >= 15 is 0 Å². The summed E-state index contributed by atoms with van der Waals surface area (Å²) in [4.78, 5) is 26.2. The topological polar surface area (TPSA) is 49.4 Å². The van der Waals surface area contributed by atoms with E-state index in [1.54, 1.807) is 0 Å². The van der Waals surface area contributed by atoms with E-state index in [9.17, 15) is 9.59 Å². The molecule has 4 heteroatoms. The van der Waals surface area contributed by atoms with Crippen LogP contribution in [-0.4, -0.2) is 22.4 Å². The van der Waals surface area contributed by atoms with Gasteiger partial charge in [0.15, 0.2) is 0 Å². The van der Waals surface area contributed by atoms with Crippen molar-refractivity contribution in [3.63, 3.8) is 0 Å². The molecule has 3 rings (SSSR count). The minimum Gasteiger partial charge on any atom is -0.323 e. The normalized spacial score (nSPS) is 29.9. The molecule has 0 radical (unpaired) electrons. The van der Waals surface area contributed by atoms with E-state index < -0.39 is 5.54 Å². The van der Waals surface area contributed by atoms with Gasteiger partial charge in [0.1, 0.15) is 5.54 Å². The summed E-state index contributed by atoms with van der Waals surface area (Å²) in [7, 11) is 0. The van der Waals surface area contributed by atoms with E-state index in [0.29, 0.717) is 12.5 Å². The Morgan fingerprint density at radius 2 is 2.05 bits per heavy atom. The zero-order chi connectivity index (χ0) is 14.2. The second-order valence-corrected chi connectivity index (χ2v) is 6.09. The van der Waals surface area contributed by atoms with Gasteiger partial charge in [0.25, 0.3) is 5.91 Å². The molecule has 1 heterocycles. The molecular formula is C16H20N2O2. The lowest BCUT2D eigenvalue weighted by Gasteiger charge is -2.34. The summed E-state index contributed by atoms with van der Waals surface area (Å²) in [6, 6.07) is 9.41. The lowest BCUT2D eigenvalue weighted by atomic mass is 9.76. The molecule has 1 spiro atoms. The molecule has 4 nitrogen and oxygen atoms in total. The maximum Gasteiger partial charge on any atom is 0.325 e. The molecular weight excluding hydrogens is 252 g/mol. The van der Waals surface area contributed by atoms with E-state index in [4.69, 9.17) is 0 Å². The van der Waals surface area contributed by atoms with Crippen LogP contribution in [0.25, 0.3) is 0 Å². The third-order valence-corrected chi connectivity index (χ3v) is 4.43. The highest BCUT2D eigenvalue weighted by molar-refractivity contribution is 6.07. The molecule has 1 aliphatic carbocycles. The molecule has 2 aliphatic rings. The second-order valence-electron chi connectivity index (χ2n) is 6.09. The molecule has 1 aromatic carbocycles. The number of nitrogens with zero attached hydrogens (tertiary/aromatic N) is 1. The highest BCUT2D eigenvalue weighted by Crippen LogP contribution is 2.37. The number of imide groups is 1. The molecule has 3 amide bonds. The lowest BCUT2D eigenvalue weighted by molar-refractivity contribution is -0.133. The molecule has 0 aromatic heterocycles. The fourth-order valence-corrected chi connectivity index (χ4v) is 3.44. The van der Waals surface area contributed by atoms with Gasteiger partial charge in [0.2, 0.25) is 0 Å². The van der Waals surface area contributed by atoms with Crippen molar-refractivity contribution in [3.05, 3.63) is 35.9 Å². The third-order valence-electron chi connectivity index (χ3n) is 4.43. The highest BCUT2D eigenvalue weighted by atomic mass is 16.2. The Morgan fingerprint density at radius 1 is 1.30 bits per heavy atom. The Balaban J connectivity index is 1.80. The van der Waals surface area contributed by atoms with Crippen LogP contribution in [-0.2, 0) is 11.3 Å². The van der Waals surface area contributed by atoms with Crippen LogP contribution in [0.1, 0.15) is 38.2 Å². The Labute approximate surface area is 119 Å². The maximum atomic E-state index is 12.7. The van der Waals surface area contributed by atoms with Crippen molar-refractivity contribution in [1.82, 2.24) is 10.2 Å². The number of hydrogen-bond donors (Lipinski definition) is 1. The number of carbonyl (C=O) groups excluding carboxylic acids is 2. The summed E-state index contributed by atoms with van der Waals surface area (Å²) in [5.74, 6) is 0.447. The zero-order valence-electron chi connectivity index (χ0n) is 11.8. The van der Waals surface area contributed by atoms with Crippen molar-refractivity contribution in [2.45, 2.75) is 44.7 Å². The van der Waals surface area contributed by atoms with Crippen LogP contribution in [0.15, 0.2) is 30.3 Å². The number of hydrogen-bond acceptors (Lipinski definition) is 2. The summed E-state index contributed by atoms with van der Waals surface area (Å²) in [6.07, 6.45) is 3.69. The number of urea groups is 1. The van der Waals surface area contributed by atoms with Crippen molar-refractivity contribution in [2.75, 3.05) is 0 Å². The third kappa shape index (κ3) is 2.19. The number of nitrogens with one attached hydrogen (secondary N) is 1. The van der Waals surface area contributed by atoms with Gasteiger partial charge in [-0.2, -0.15) is 0 Å². The minimum atomic E-state index is -0.635. The van der Waals surface area contributed by atoms with Crippen molar-refractivity contribution < 1.29 is 9.59 Å². The van der Waals surface area contributed by atoms with Gasteiger partial charge < -0.3 is 5.32 Å². The molecule has 0 bridgehead atoms. The van der Waals surface area contributed by atoms with Crippen molar-refractivity contribution in [1.29, 1.82) is 0 Å². The first-order chi connectivity index (χ1) is 9.61. The Hall–Kier alpha value is -1.84. The molecule has 2 unspecified atom stereocenters. The molecule has 106 valence electrons. The molecule has 2 fully saturated rings. The molecule has 20 heavy (non-hydrogen) atoms. The predicted molar refractivity (Wildman–Crippen MR) is 75.9 cm³/mol. The van der Waals surface area contributed by atoms with Gasteiger partial charge in [-0.3, -0.25) is 9.69 Å². The summed E-state index contributed by atoms with van der Waals surface area (Å²) >= 11 is 0. The first kappa shape index (κ1) is 13.2. The summed E-state index contributed by atoms with van der Waals surface area (Å²) in [5.41, 5.74) is 0.348. The van der Waals surface area contributed by atoms with Gasteiger partial charge in [0.05, 0.1) is 6.54 Å². The van der Waals surface area contributed by atoms with Crippen molar-refractivity contribution in [3.8, 4) is 0 Å². The van der Waals surface area contributed by atoms with E-state index in [0.717, 1.165) is 31.2 Å². The Bertz CT molecular complexity index is 529. The molecule has 1 aromatic rings. The monoisotopic (exact) mass is 272 g/mol. The number of carbonyl (C=O) groups is 2. The quantitative estimate of drug-likeness (QED) is 0.841. The number of benzene rings is 1. The van der Waals surface area contributed by atoms with Crippen LogP contribution in [0.2, 0.25) is 0 Å². The van der Waals surface area contributed by atoms with Crippen LogP contribution in [0.3, 0.4) is 0 Å². The molecule has 1 aliphatic heterocycles. The van der Waals surface area contributed by atoms with E-state index in [-0.39, 0.29) is 11.9 Å². The van der Waals surface area contributed by atoms with Crippen LogP contribution < -0.4 is 5.32 Å². The van der Waals surface area contributed by atoms with Crippen LogP contribution in [0, 0.1) is 5.92 Å². The number of rotatable bonds is 2. The van der Waals surface area contributed by atoms with Gasteiger partial charge in [-0.25, -0.2) is 4.79 Å². The van der Waals surface area contributed by atoms with E-state index in [1.165, 1.54) is 4.90 Å². The van der Waals surface area contributed by atoms with E-state index in [2.05, 4.69) is 12.2 Å². The van der Waals surface area contributed by atoms with Crippen LogP contribution in [0.5, 0.6) is 0 Å². The van der Waals surface area contributed by atoms with Gasteiger partial charge in [-0.05, 0) is 24.3 Å². The standard InChI is InChI=1S/C16H20N2O2/c1-12-6-5-9-16(10-12)14(19)18(15(20)17-16)11-13-7-3-2-4-8-13/h2-4,7-8,12H,5-6,9-11H2,1H3,(H,17,20). The summed E-state index contributed by atoms with van der Waals surface area (Å²) in [5, 5.41) is 2.96. The lowest BCUT2D eigenvalue weighted by Crippen LogP contribution is -2.50. The summed E-state index contributed by atoms with van der Waals surface area (Å²) < 4.78 is 0. The zero-order valence-corrected chi connectivity index (χ0v) is 11.8. The van der Waals surface area contributed by atoms with Crippen LogP contribution >= 0.6 is 0 Å². The maximum absolute atomic E-state index is 12.7. The average molecular weight is 272 g/mol. The smallest absolute Gasteiger partial charge is 0.323 e. The fourth-order valence-electron chi connectivity index (χ4n) is 3.44. The average Bonchev–Trinajstić information content (AvgIpc) is 2.64. The van der Waals surface area contributed by atoms with Crippen molar-refractivity contribution >= 4 is 11.9 Å². The first-order valence-electron chi connectivity index (χ1n) is 7.29. The van der Waals surface area contributed by atoms with E-state index in [1.807, 2.05) is 30.3 Å². The molecule has 1 N–H and O–H groups in total. The largest absolute Gasteiger partial charge is 0.325 e.